The van der Waals surface area contributed by atoms with E-state index >= 15 is 0 Å². The van der Waals surface area contributed by atoms with E-state index in [1.165, 1.54) is 6.42 Å². The Morgan fingerprint density at radius 3 is 2.56 bits per heavy atom. The van der Waals surface area contributed by atoms with Crippen molar-refractivity contribution in [2.75, 3.05) is 6.54 Å². The lowest BCUT2D eigenvalue weighted by Gasteiger charge is -2.33. The van der Waals surface area contributed by atoms with Gasteiger partial charge < -0.3 is 5.32 Å². The molecule has 16 heavy (non-hydrogen) atoms. The summed E-state index contributed by atoms with van der Waals surface area (Å²) in [5.41, 5.74) is -0.682. The van der Waals surface area contributed by atoms with E-state index in [4.69, 9.17) is 5.26 Å². The molecule has 0 radical (unpaired) electrons. The number of hydrogen-bond acceptors (Lipinski definition) is 2. The third-order valence-electron chi connectivity index (χ3n) is 3.35. The smallest absolute Gasteiger partial charge is 0.240 e. The molecule has 1 aliphatic rings. The van der Waals surface area contributed by atoms with Crippen molar-refractivity contribution in [1.82, 2.24) is 5.32 Å². The van der Waals surface area contributed by atoms with E-state index in [2.05, 4.69) is 25.2 Å². The Balaban J connectivity index is 2.14. The van der Waals surface area contributed by atoms with Crippen LogP contribution in [0.1, 0.15) is 52.4 Å². The van der Waals surface area contributed by atoms with E-state index in [-0.39, 0.29) is 5.91 Å². The summed E-state index contributed by atoms with van der Waals surface area (Å²) in [5.74, 6) is 0.679. The van der Waals surface area contributed by atoms with E-state index in [9.17, 15) is 4.79 Å². The lowest BCUT2D eigenvalue weighted by molar-refractivity contribution is -0.131. The first kappa shape index (κ1) is 13.0. The molecule has 3 nitrogen and oxygen atoms in total. The Hall–Kier alpha value is -1.04. The molecule has 0 spiro atoms. The summed E-state index contributed by atoms with van der Waals surface area (Å²) in [7, 11) is 0. The molecule has 3 heteroatoms. The first-order valence-electron chi connectivity index (χ1n) is 6.30. The van der Waals surface area contributed by atoms with E-state index in [1.807, 2.05) is 0 Å². The van der Waals surface area contributed by atoms with Crippen molar-refractivity contribution in [3.8, 4) is 6.07 Å². The van der Waals surface area contributed by atoms with Crippen molar-refractivity contribution in [2.24, 2.45) is 11.3 Å². The van der Waals surface area contributed by atoms with Gasteiger partial charge in [0, 0.05) is 6.54 Å². The molecule has 0 bridgehead atoms. The van der Waals surface area contributed by atoms with Gasteiger partial charge in [-0.3, -0.25) is 4.79 Å². The van der Waals surface area contributed by atoms with Crippen LogP contribution in [-0.2, 0) is 4.79 Å². The molecule has 0 aromatic carbocycles. The van der Waals surface area contributed by atoms with Gasteiger partial charge in [-0.25, -0.2) is 0 Å². The van der Waals surface area contributed by atoms with Crippen LogP contribution >= 0.6 is 0 Å². The maximum absolute atomic E-state index is 11.7. The summed E-state index contributed by atoms with van der Waals surface area (Å²) in [6.07, 6.45) is 5.86. The van der Waals surface area contributed by atoms with E-state index in [0.717, 1.165) is 44.6 Å². The summed E-state index contributed by atoms with van der Waals surface area (Å²) < 4.78 is 0. The van der Waals surface area contributed by atoms with Crippen molar-refractivity contribution in [2.45, 2.75) is 52.4 Å². The summed E-state index contributed by atoms with van der Waals surface area (Å²) in [6.45, 7) is 5.13. The van der Waals surface area contributed by atoms with Gasteiger partial charge in [0.15, 0.2) is 0 Å². The zero-order valence-corrected chi connectivity index (χ0v) is 10.4. The highest BCUT2D eigenvalue weighted by molar-refractivity contribution is 5.86. The molecule has 0 heterocycles. The number of carbonyl (C=O) groups is 1. The van der Waals surface area contributed by atoms with Gasteiger partial charge in [0.05, 0.1) is 6.07 Å². The van der Waals surface area contributed by atoms with Gasteiger partial charge in [-0.1, -0.05) is 26.7 Å². The van der Waals surface area contributed by atoms with Gasteiger partial charge in [0.25, 0.3) is 0 Å². The third kappa shape index (κ3) is 3.23. The van der Waals surface area contributed by atoms with Gasteiger partial charge in [-0.2, -0.15) is 5.26 Å². The van der Waals surface area contributed by atoms with Crippen LogP contribution in [-0.4, -0.2) is 12.5 Å². The summed E-state index contributed by atoms with van der Waals surface area (Å²) >= 11 is 0. The Labute approximate surface area is 98.2 Å². The van der Waals surface area contributed by atoms with Gasteiger partial charge in [-0.15, -0.1) is 0 Å². The number of nitriles is 1. The topological polar surface area (TPSA) is 52.9 Å². The van der Waals surface area contributed by atoms with Gasteiger partial charge in [0.2, 0.25) is 5.91 Å². The molecule has 0 aromatic heterocycles. The fourth-order valence-corrected chi connectivity index (χ4v) is 1.97. The first-order valence-corrected chi connectivity index (χ1v) is 6.30. The predicted octanol–water partition coefficient (Wildman–Crippen LogP) is 2.62. The SMILES string of the molecule is CC(C)CCCCNC(=O)C1(C#N)CCC1. The molecule has 0 aliphatic heterocycles. The maximum Gasteiger partial charge on any atom is 0.240 e. The molecular formula is C13H22N2O. The first-order chi connectivity index (χ1) is 7.60. The molecule has 1 N–H and O–H groups in total. The zero-order valence-electron chi connectivity index (χ0n) is 10.4. The number of amides is 1. The number of unbranched alkanes of at least 4 members (excludes halogenated alkanes) is 1. The van der Waals surface area contributed by atoms with Gasteiger partial charge >= 0.3 is 0 Å². The van der Waals surface area contributed by atoms with Gasteiger partial charge in [0.1, 0.15) is 5.41 Å². The van der Waals surface area contributed by atoms with Crippen LogP contribution in [0.15, 0.2) is 0 Å². The van der Waals surface area contributed by atoms with E-state index in [0.29, 0.717) is 0 Å². The minimum atomic E-state index is -0.682. The minimum Gasteiger partial charge on any atom is -0.355 e. The monoisotopic (exact) mass is 222 g/mol. The molecule has 1 saturated carbocycles. The van der Waals surface area contributed by atoms with Crippen molar-refractivity contribution >= 4 is 5.91 Å². The molecular weight excluding hydrogens is 200 g/mol. The van der Waals surface area contributed by atoms with Crippen molar-refractivity contribution < 1.29 is 4.79 Å². The van der Waals surface area contributed by atoms with Crippen LogP contribution < -0.4 is 5.32 Å². The lowest BCUT2D eigenvalue weighted by atomic mass is 9.69. The Kier molecular flexibility index (Phi) is 4.79. The fourth-order valence-electron chi connectivity index (χ4n) is 1.97. The van der Waals surface area contributed by atoms with Crippen molar-refractivity contribution in [3.63, 3.8) is 0 Å². The molecule has 1 amide bonds. The molecule has 0 saturated heterocycles. The number of nitrogens with zero attached hydrogens (tertiary/aromatic N) is 1. The quantitative estimate of drug-likeness (QED) is 0.702. The predicted molar refractivity (Wildman–Crippen MR) is 63.6 cm³/mol. The number of hydrogen-bond donors (Lipinski definition) is 1. The van der Waals surface area contributed by atoms with Gasteiger partial charge in [-0.05, 0) is 31.6 Å². The Bertz CT molecular complexity index is 274. The highest BCUT2D eigenvalue weighted by atomic mass is 16.2. The van der Waals surface area contributed by atoms with Crippen molar-refractivity contribution in [3.05, 3.63) is 0 Å². The summed E-state index contributed by atoms with van der Waals surface area (Å²) in [5, 5.41) is 11.9. The molecule has 0 aromatic rings. The second-order valence-electron chi connectivity index (χ2n) is 5.19. The Morgan fingerprint density at radius 1 is 1.44 bits per heavy atom. The number of nitrogens with one attached hydrogen (secondary N) is 1. The zero-order chi connectivity index (χ0) is 12.0. The molecule has 1 rings (SSSR count). The minimum absolute atomic E-state index is 0.0502. The highest BCUT2D eigenvalue weighted by Crippen LogP contribution is 2.40. The molecule has 90 valence electrons. The van der Waals surface area contributed by atoms with Crippen LogP contribution in [0.25, 0.3) is 0 Å². The summed E-state index contributed by atoms with van der Waals surface area (Å²) in [4.78, 5) is 11.7. The lowest BCUT2D eigenvalue weighted by Crippen LogP contribution is -2.44. The molecule has 0 atom stereocenters. The number of carbonyl (C=O) groups excluding carboxylic acids is 1. The van der Waals surface area contributed by atoms with Crippen LogP contribution in [0, 0.1) is 22.7 Å². The average Bonchev–Trinajstić information content (AvgIpc) is 2.16. The van der Waals surface area contributed by atoms with Crippen LogP contribution in [0.2, 0.25) is 0 Å². The Morgan fingerprint density at radius 2 is 2.12 bits per heavy atom. The average molecular weight is 222 g/mol. The number of rotatable bonds is 6. The second-order valence-corrected chi connectivity index (χ2v) is 5.19. The molecule has 1 fully saturated rings. The third-order valence-corrected chi connectivity index (χ3v) is 3.35. The van der Waals surface area contributed by atoms with Crippen LogP contribution in [0.4, 0.5) is 0 Å². The largest absolute Gasteiger partial charge is 0.355 e. The fraction of sp³-hybridized carbons (Fsp3) is 0.846. The maximum atomic E-state index is 11.7. The summed E-state index contributed by atoms with van der Waals surface area (Å²) in [6, 6.07) is 2.16. The second kappa shape index (κ2) is 5.89. The van der Waals surface area contributed by atoms with Crippen LogP contribution in [0.3, 0.4) is 0 Å². The molecule has 1 aliphatic carbocycles. The van der Waals surface area contributed by atoms with E-state index in [1.54, 1.807) is 0 Å². The van der Waals surface area contributed by atoms with Crippen LogP contribution in [0.5, 0.6) is 0 Å². The highest BCUT2D eigenvalue weighted by Gasteiger charge is 2.44. The van der Waals surface area contributed by atoms with Crippen molar-refractivity contribution in [1.29, 1.82) is 5.26 Å². The standard InChI is InChI=1S/C13H22N2O/c1-11(2)6-3-4-9-15-12(16)13(10-14)7-5-8-13/h11H,3-9H2,1-2H3,(H,15,16). The normalized spacial score (nSPS) is 17.6. The van der Waals surface area contributed by atoms with E-state index < -0.39 is 5.41 Å². The molecule has 0 unspecified atom stereocenters.